The number of carbonyl (C=O) groups excluding carboxylic acids is 5. The van der Waals surface area contributed by atoms with E-state index in [0.29, 0.717) is 12.1 Å². The smallest absolute Gasteiger partial charge is 0.408 e. The maximum absolute atomic E-state index is 13.7. The third kappa shape index (κ3) is 12.9. The van der Waals surface area contributed by atoms with Crippen LogP contribution in [-0.2, 0) is 30.5 Å². The third-order valence-corrected chi connectivity index (χ3v) is 7.69. The Morgan fingerprint density at radius 3 is 1.61 bits per heavy atom. The number of nitrogens with one attached hydrogen (secondary N) is 4. The molecule has 49 heavy (non-hydrogen) atoms. The van der Waals surface area contributed by atoms with Gasteiger partial charge < -0.3 is 26.0 Å². The molecule has 3 atom stereocenters. The largest absolute Gasteiger partial charge is 0.445 e. The van der Waals surface area contributed by atoms with Gasteiger partial charge in [-0.25, -0.2) is 4.79 Å². The Morgan fingerprint density at radius 1 is 0.571 bits per heavy atom. The van der Waals surface area contributed by atoms with Crippen molar-refractivity contribution in [2.75, 3.05) is 5.32 Å². The molecule has 10 heteroatoms. The van der Waals surface area contributed by atoms with Crippen molar-refractivity contribution >= 4 is 35.3 Å². The summed E-state index contributed by atoms with van der Waals surface area (Å²) in [5, 5.41) is 10.9. The Hall–Kier alpha value is -4.99. The van der Waals surface area contributed by atoms with Gasteiger partial charge in [-0.3, -0.25) is 19.2 Å². The number of carbonyl (C=O) groups is 5. The Bertz CT molecular complexity index is 1540. The van der Waals surface area contributed by atoms with Gasteiger partial charge in [-0.2, -0.15) is 0 Å². The molecule has 0 spiro atoms. The first-order chi connectivity index (χ1) is 23.3. The van der Waals surface area contributed by atoms with Crippen molar-refractivity contribution in [2.24, 2.45) is 17.8 Å². The first kappa shape index (κ1) is 38.5. The van der Waals surface area contributed by atoms with Crippen LogP contribution in [0.5, 0.6) is 0 Å². The Labute approximate surface area is 289 Å². The second-order valence-corrected chi connectivity index (χ2v) is 13.5. The number of ketones is 1. The fourth-order valence-corrected chi connectivity index (χ4v) is 5.36. The van der Waals surface area contributed by atoms with Gasteiger partial charge in [0.1, 0.15) is 18.7 Å². The lowest BCUT2D eigenvalue weighted by Gasteiger charge is -2.27. The van der Waals surface area contributed by atoms with Crippen LogP contribution in [0.15, 0.2) is 84.9 Å². The monoisotopic (exact) mass is 670 g/mol. The maximum atomic E-state index is 13.7. The molecule has 0 heterocycles. The molecule has 0 unspecified atom stereocenters. The number of ether oxygens (including phenoxy) is 1. The fourth-order valence-electron chi connectivity index (χ4n) is 5.36. The molecule has 4 N–H and O–H groups in total. The van der Waals surface area contributed by atoms with Crippen molar-refractivity contribution in [1.29, 1.82) is 0 Å². The van der Waals surface area contributed by atoms with E-state index < -0.39 is 47.7 Å². The van der Waals surface area contributed by atoms with Gasteiger partial charge in [-0.15, -0.1) is 0 Å². The van der Waals surface area contributed by atoms with Crippen LogP contribution in [0.3, 0.4) is 0 Å². The average molecular weight is 671 g/mol. The van der Waals surface area contributed by atoms with E-state index in [0.717, 1.165) is 16.7 Å². The molecule has 0 bridgehead atoms. The summed E-state index contributed by atoms with van der Waals surface area (Å²) in [6.07, 6.45) is 0.0354. The number of rotatable bonds is 17. The van der Waals surface area contributed by atoms with E-state index in [1.165, 1.54) is 0 Å². The Kier molecular flexibility index (Phi) is 15.0. The van der Waals surface area contributed by atoms with Gasteiger partial charge >= 0.3 is 6.09 Å². The van der Waals surface area contributed by atoms with Crippen LogP contribution in [0.1, 0.15) is 66.4 Å². The van der Waals surface area contributed by atoms with Crippen molar-refractivity contribution in [3.63, 3.8) is 0 Å². The molecule has 0 aromatic heterocycles. The summed E-state index contributed by atoms with van der Waals surface area (Å²) in [5.74, 6) is -2.77. The minimum atomic E-state index is -1.12. The van der Waals surface area contributed by atoms with Gasteiger partial charge in [0.2, 0.25) is 17.6 Å². The first-order valence-electron chi connectivity index (χ1n) is 16.9. The average Bonchev–Trinajstić information content (AvgIpc) is 3.06. The fraction of sp³-hybridized carbons (Fsp3) is 0.410. The molecule has 4 amide bonds. The second kappa shape index (κ2) is 19.1. The van der Waals surface area contributed by atoms with Crippen LogP contribution < -0.4 is 21.3 Å². The molecule has 0 fully saturated rings. The molecule has 3 rings (SSSR count). The van der Waals surface area contributed by atoms with Crippen molar-refractivity contribution in [1.82, 2.24) is 16.0 Å². The van der Waals surface area contributed by atoms with Gasteiger partial charge in [0, 0.05) is 11.3 Å². The molecule has 0 saturated carbocycles. The zero-order valence-electron chi connectivity index (χ0n) is 29.3. The lowest BCUT2D eigenvalue weighted by Crippen LogP contribution is -2.57. The van der Waals surface area contributed by atoms with E-state index in [-0.39, 0.29) is 37.2 Å². The van der Waals surface area contributed by atoms with Crippen molar-refractivity contribution in [3.05, 3.63) is 90.5 Å². The normalized spacial score (nSPS) is 12.9. The van der Waals surface area contributed by atoms with Crippen LogP contribution in [0, 0.1) is 17.8 Å². The van der Waals surface area contributed by atoms with Gasteiger partial charge in [0.15, 0.2) is 0 Å². The number of amides is 4. The second-order valence-electron chi connectivity index (χ2n) is 13.5. The zero-order chi connectivity index (χ0) is 35.9. The van der Waals surface area contributed by atoms with Crippen molar-refractivity contribution in [2.45, 2.75) is 85.5 Å². The van der Waals surface area contributed by atoms with Crippen LogP contribution in [-0.4, -0.2) is 47.7 Å². The van der Waals surface area contributed by atoms with E-state index in [1.807, 2.05) is 114 Å². The highest BCUT2D eigenvalue weighted by Crippen LogP contribution is 2.27. The first-order valence-corrected chi connectivity index (χ1v) is 16.9. The van der Waals surface area contributed by atoms with Gasteiger partial charge in [-0.05, 0) is 54.2 Å². The van der Waals surface area contributed by atoms with E-state index in [1.54, 1.807) is 12.1 Å². The molecule has 3 aromatic rings. The summed E-state index contributed by atoms with van der Waals surface area (Å²) >= 11 is 0. The summed E-state index contributed by atoms with van der Waals surface area (Å²) in [4.78, 5) is 66.9. The zero-order valence-corrected chi connectivity index (χ0v) is 29.3. The number of alkyl carbamates (subject to hydrolysis) is 1. The van der Waals surface area contributed by atoms with Gasteiger partial charge in [0.25, 0.3) is 5.91 Å². The lowest BCUT2D eigenvalue weighted by atomic mass is 9.97. The van der Waals surface area contributed by atoms with Gasteiger partial charge in [0.05, 0.1) is 6.04 Å². The molecule has 0 radical (unpaired) electrons. The van der Waals surface area contributed by atoms with E-state index in [2.05, 4.69) is 21.3 Å². The van der Waals surface area contributed by atoms with Crippen molar-refractivity contribution in [3.8, 4) is 11.1 Å². The van der Waals surface area contributed by atoms with Crippen LogP contribution >= 0.6 is 0 Å². The van der Waals surface area contributed by atoms with Crippen LogP contribution in [0.25, 0.3) is 11.1 Å². The summed E-state index contributed by atoms with van der Waals surface area (Å²) < 4.78 is 5.34. The quantitative estimate of drug-likeness (QED) is 0.125. The highest BCUT2D eigenvalue weighted by molar-refractivity contribution is 6.43. The number of hydrogen-bond acceptors (Lipinski definition) is 6. The van der Waals surface area contributed by atoms with Crippen LogP contribution in [0.2, 0.25) is 0 Å². The molecule has 262 valence electrons. The molecule has 0 aliphatic heterocycles. The maximum Gasteiger partial charge on any atom is 0.408 e. The predicted octanol–water partition coefficient (Wildman–Crippen LogP) is 6.26. The molecule has 3 aromatic carbocycles. The number of benzene rings is 3. The molecule has 0 aliphatic rings. The third-order valence-electron chi connectivity index (χ3n) is 7.69. The van der Waals surface area contributed by atoms with E-state index >= 15 is 0 Å². The number of anilines is 1. The summed E-state index contributed by atoms with van der Waals surface area (Å²) in [6, 6.07) is 22.7. The summed E-state index contributed by atoms with van der Waals surface area (Å²) in [7, 11) is 0. The number of hydrogen-bond donors (Lipinski definition) is 4. The minimum absolute atomic E-state index is 0.000401. The Balaban J connectivity index is 1.73. The van der Waals surface area contributed by atoms with Crippen molar-refractivity contribution < 1.29 is 28.7 Å². The molecule has 0 aliphatic carbocycles. The number of para-hydroxylation sites is 1. The topological polar surface area (TPSA) is 143 Å². The molecular weight excluding hydrogens is 620 g/mol. The molecule has 0 saturated heterocycles. The lowest BCUT2D eigenvalue weighted by molar-refractivity contribution is -0.138. The van der Waals surface area contributed by atoms with E-state index in [9.17, 15) is 24.0 Å². The summed E-state index contributed by atoms with van der Waals surface area (Å²) in [5.41, 5.74) is 2.90. The van der Waals surface area contributed by atoms with E-state index in [4.69, 9.17) is 4.74 Å². The SMILES string of the molecule is CC(C)C[C@H](NC(=O)OCc1ccccc1)C(=O)N[C@@H](CC(C)C)C(=O)N[C@@H](CC(C)C)C(=O)C(=O)Nc1ccccc1-c1ccccc1. The standard InChI is InChI=1S/C39H50N4O6/c1-25(2)21-32(35(44)38(47)40-31-20-14-13-19-30(31)29-17-11-8-12-18-29)41-36(45)33(22-26(3)4)42-37(46)34(23-27(5)6)43-39(48)49-24-28-15-9-7-10-16-28/h7-20,25-27,32-34H,21-24H2,1-6H3,(H,40,47)(H,41,45)(H,42,46)(H,43,48)/t32-,33-,34-/m0/s1. The number of Topliss-reactive ketones (excluding diaryl/α,β-unsaturated/α-hetero) is 1. The minimum Gasteiger partial charge on any atom is -0.445 e. The van der Waals surface area contributed by atoms with Crippen LogP contribution in [0.4, 0.5) is 10.5 Å². The Morgan fingerprint density at radius 2 is 1.04 bits per heavy atom. The molecular formula is C39H50N4O6. The highest BCUT2D eigenvalue weighted by Gasteiger charge is 2.33. The van der Waals surface area contributed by atoms with Gasteiger partial charge in [-0.1, -0.05) is 120 Å². The predicted molar refractivity (Wildman–Crippen MR) is 191 cm³/mol. The molecule has 10 nitrogen and oxygen atoms in total. The highest BCUT2D eigenvalue weighted by atomic mass is 16.5. The summed E-state index contributed by atoms with van der Waals surface area (Å²) in [6.45, 7) is 11.5.